The van der Waals surface area contributed by atoms with Crippen molar-refractivity contribution in [3.05, 3.63) is 42.0 Å². The molecule has 21 heavy (non-hydrogen) atoms. The van der Waals surface area contributed by atoms with Gasteiger partial charge in [0.1, 0.15) is 12.4 Å². The summed E-state index contributed by atoms with van der Waals surface area (Å²) in [5, 5.41) is 7.92. The minimum atomic E-state index is -4.32. The van der Waals surface area contributed by atoms with Crippen molar-refractivity contribution in [2.24, 2.45) is 5.73 Å². The Morgan fingerprint density at radius 1 is 1.10 bits per heavy atom. The molecule has 1 aromatic heterocycles. The maximum absolute atomic E-state index is 12.0. The molecule has 0 bridgehead atoms. The molecular formula is C13H15F3N4O. The van der Waals surface area contributed by atoms with Crippen LogP contribution in [0, 0.1) is 0 Å². The Morgan fingerprint density at radius 3 is 2.38 bits per heavy atom. The lowest BCUT2D eigenvalue weighted by Crippen LogP contribution is -2.18. The highest BCUT2D eigenvalue weighted by Crippen LogP contribution is 2.16. The monoisotopic (exact) mass is 300 g/mol. The fraction of sp³-hybridized carbons (Fsp3) is 0.385. The maximum Gasteiger partial charge on any atom is 0.411 e. The summed E-state index contributed by atoms with van der Waals surface area (Å²) >= 11 is 0. The van der Waals surface area contributed by atoms with Crippen LogP contribution in [0.1, 0.15) is 11.6 Å². The Hall–Kier alpha value is -1.93. The van der Waals surface area contributed by atoms with E-state index in [0.717, 1.165) is 5.69 Å². The van der Waals surface area contributed by atoms with Gasteiger partial charge in [0.15, 0.2) is 5.82 Å². The summed E-state index contributed by atoms with van der Waals surface area (Å²) in [4.78, 5) is 0. The standard InChI is InChI=1S/C13H15F3N4O/c14-13(15,16)9-21-7-6-11-18-19-12(8-17)20(11)10-4-2-1-3-5-10/h1-5H,6-9,17H2. The summed E-state index contributed by atoms with van der Waals surface area (Å²) in [5.74, 6) is 1.07. The molecule has 2 rings (SSSR count). The molecule has 0 amide bonds. The van der Waals surface area contributed by atoms with Crippen LogP contribution >= 0.6 is 0 Å². The van der Waals surface area contributed by atoms with Gasteiger partial charge >= 0.3 is 6.18 Å². The lowest BCUT2D eigenvalue weighted by molar-refractivity contribution is -0.173. The first-order chi connectivity index (χ1) is 10.0. The summed E-state index contributed by atoms with van der Waals surface area (Å²) in [6.45, 7) is -1.17. The molecule has 1 heterocycles. The van der Waals surface area contributed by atoms with E-state index >= 15 is 0 Å². The van der Waals surface area contributed by atoms with E-state index < -0.39 is 12.8 Å². The lowest BCUT2D eigenvalue weighted by atomic mass is 10.3. The molecule has 0 fully saturated rings. The molecule has 0 saturated carbocycles. The molecule has 0 spiro atoms. The molecular weight excluding hydrogens is 285 g/mol. The van der Waals surface area contributed by atoms with Crippen LogP contribution in [0.3, 0.4) is 0 Å². The highest BCUT2D eigenvalue weighted by molar-refractivity contribution is 5.34. The molecule has 114 valence electrons. The van der Waals surface area contributed by atoms with E-state index in [0.29, 0.717) is 11.6 Å². The summed E-state index contributed by atoms with van der Waals surface area (Å²) in [6, 6.07) is 9.26. The van der Waals surface area contributed by atoms with Gasteiger partial charge in [-0.05, 0) is 12.1 Å². The molecule has 2 N–H and O–H groups in total. The van der Waals surface area contributed by atoms with Gasteiger partial charge < -0.3 is 10.5 Å². The first kappa shape index (κ1) is 15.5. The predicted molar refractivity (Wildman–Crippen MR) is 69.8 cm³/mol. The summed E-state index contributed by atoms with van der Waals surface area (Å²) in [6.07, 6.45) is -4.10. The zero-order valence-electron chi connectivity index (χ0n) is 11.2. The van der Waals surface area contributed by atoms with Crippen molar-refractivity contribution in [1.82, 2.24) is 14.8 Å². The number of benzene rings is 1. The highest BCUT2D eigenvalue weighted by Gasteiger charge is 2.27. The van der Waals surface area contributed by atoms with Crippen LogP contribution < -0.4 is 5.73 Å². The first-order valence-corrected chi connectivity index (χ1v) is 6.34. The number of aromatic nitrogens is 3. The van der Waals surface area contributed by atoms with Crippen LogP contribution in [0.5, 0.6) is 0 Å². The number of para-hydroxylation sites is 1. The van der Waals surface area contributed by atoms with Gasteiger partial charge in [0.05, 0.1) is 13.2 Å². The van der Waals surface area contributed by atoms with Gasteiger partial charge in [-0.2, -0.15) is 13.2 Å². The van der Waals surface area contributed by atoms with E-state index in [2.05, 4.69) is 14.9 Å². The first-order valence-electron chi connectivity index (χ1n) is 6.34. The zero-order chi connectivity index (χ0) is 15.3. The molecule has 0 aliphatic rings. The van der Waals surface area contributed by atoms with E-state index in [1.54, 1.807) is 4.57 Å². The molecule has 5 nitrogen and oxygen atoms in total. The molecule has 0 radical (unpaired) electrons. The number of hydrogen-bond donors (Lipinski definition) is 1. The van der Waals surface area contributed by atoms with E-state index in [-0.39, 0.29) is 19.6 Å². The summed E-state index contributed by atoms with van der Waals surface area (Å²) in [7, 11) is 0. The smallest absolute Gasteiger partial charge is 0.372 e. The van der Waals surface area contributed by atoms with Gasteiger partial charge in [-0.1, -0.05) is 18.2 Å². The van der Waals surface area contributed by atoms with Gasteiger partial charge in [0.25, 0.3) is 0 Å². The van der Waals surface area contributed by atoms with Crippen molar-refractivity contribution < 1.29 is 17.9 Å². The van der Waals surface area contributed by atoms with Crippen molar-refractivity contribution in [2.75, 3.05) is 13.2 Å². The van der Waals surface area contributed by atoms with Crippen molar-refractivity contribution in [3.8, 4) is 5.69 Å². The Labute approximate surface area is 119 Å². The SMILES string of the molecule is NCc1nnc(CCOCC(F)(F)F)n1-c1ccccc1. The Morgan fingerprint density at radius 2 is 1.76 bits per heavy atom. The van der Waals surface area contributed by atoms with Crippen LogP contribution in [0.4, 0.5) is 13.2 Å². The molecule has 0 unspecified atom stereocenters. The van der Waals surface area contributed by atoms with Gasteiger partial charge in [-0.3, -0.25) is 4.57 Å². The molecule has 2 aromatic rings. The topological polar surface area (TPSA) is 66.0 Å². The van der Waals surface area contributed by atoms with Crippen LogP contribution in [-0.2, 0) is 17.7 Å². The second-order valence-electron chi connectivity index (χ2n) is 4.33. The maximum atomic E-state index is 12.0. The number of rotatable bonds is 6. The number of ether oxygens (including phenoxy) is 1. The quantitative estimate of drug-likeness (QED) is 0.827. The fourth-order valence-electron chi connectivity index (χ4n) is 1.87. The van der Waals surface area contributed by atoms with Crippen molar-refractivity contribution >= 4 is 0 Å². The normalized spacial score (nSPS) is 11.8. The van der Waals surface area contributed by atoms with E-state index in [1.165, 1.54) is 0 Å². The predicted octanol–water partition coefficient (Wildman–Crippen LogP) is 1.85. The third-order valence-electron chi connectivity index (χ3n) is 2.73. The average Bonchev–Trinajstić information content (AvgIpc) is 2.86. The van der Waals surface area contributed by atoms with E-state index in [1.807, 2.05) is 30.3 Å². The van der Waals surface area contributed by atoms with Gasteiger partial charge in [0, 0.05) is 12.1 Å². The number of halogens is 3. The van der Waals surface area contributed by atoms with E-state index in [4.69, 9.17) is 5.73 Å². The Kier molecular flexibility index (Phi) is 4.92. The molecule has 1 aromatic carbocycles. The fourth-order valence-corrected chi connectivity index (χ4v) is 1.87. The van der Waals surface area contributed by atoms with E-state index in [9.17, 15) is 13.2 Å². The van der Waals surface area contributed by atoms with Crippen LogP contribution in [0.2, 0.25) is 0 Å². The lowest BCUT2D eigenvalue weighted by Gasteiger charge is -2.10. The number of alkyl halides is 3. The molecule has 0 aliphatic carbocycles. The largest absolute Gasteiger partial charge is 0.411 e. The Balaban J connectivity index is 2.09. The van der Waals surface area contributed by atoms with Crippen molar-refractivity contribution in [2.45, 2.75) is 19.1 Å². The number of nitrogens with two attached hydrogens (primary N) is 1. The van der Waals surface area contributed by atoms with Crippen molar-refractivity contribution in [1.29, 1.82) is 0 Å². The molecule has 0 saturated heterocycles. The third kappa shape index (κ3) is 4.27. The highest BCUT2D eigenvalue weighted by atomic mass is 19.4. The number of hydrogen-bond acceptors (Lipinski definition) is 4. The molecule has 8 heteroatoms. The van der Waals surface area contributed by atoms with Crippen LogP contribution in [0.25, 0.3) is 5.69 Å². The summed E-state index contributed by atoms with van der Waals surface area (Å²) < 4.78 is 42.4. The summed E-state index contributed by atoms with van der Waals surface area (Å²) in [5.41, 5.74) is 6.42. The van der Waals surface area contributed by atoms with Gasteiger partial charge in [-0.25, -0.2) is 0 Å². The van der Waals surface area contributed by atoms with Crippen LogP contribution in [-0.4, -0.2) is 34.2 Å². The zero-order valence-corrected chi connectivity index (χ0v) is 11.2. The van der Waals surface area contributed by atoms with Gasteiger partial charge in [0.2, 0.25) is 0 Å². The number of nitrogens with zero attached hydrogens (tertiary/aromatic N) is 3. The van der Waals surface area contributed by atoms with Crippen molar-refractivity contribution in [3.63, 3.8) is 0 Å². The third-order valence-corrected chi connectivity index (χ3v) is 2.73. The minimum absolute atomic E-state index is 0.0882. The Bertz CT molecular complexity index is 569. The molecule has 0 aliphatic heterocycles. The second-order valence-corrected chi connectivity index (χ2v) is 4.33. The molecule has 0 atom stereocenters. The average molecular weight is 300 g/mol. The second kappa shape index (κ2) is 6.68. The van der Waals surface area contributed by atoms with Crippen LogP contribution in [0.15, 0.2) is 30.3 Å². The van der Waals surface area contributed by atoms with Gasteiger partial charge in [-0.15, -0.1) is 10.2 Å². The minimum Gasteiger partial charge on any atom is -0.372 e.